The molecule has 2 rings (SSSR count). The first-order chi connectivity index (χ1) is 10.8. The van der Waals surface area contributed by atoms with E-state index in [1.165, 1.54) is 0 Å². The first kappa shape index (κ1) is 17.1. The van der Waals surface area contributed by atoms with Gasteiger partial charge in [-0.1, -0.05) is 42.5 Å². The van der Waals surface area contributed by atoms with Crippen LogP contribution in [0.15, 0.2) is 42.5 Å². The standard InChI is InChI=1S/C18H23NO4/c1-18(2,3)23-16(20)14-9-10-15(11-14)19-17(21)22-12-13-7-5-4-6-8-13/h4-10,14-15H,11-12H2,1-3H3,(H,19,21). The molecule has 1 aliphatic rings. The summed E-state index contributed by atoms with van der Waals surface area (Å²) in [4.78, 5) is 23.8. The maximum Gasteiger partial charge on any atom is 0.407 e. The van der Waals surface area contributed by atoms with Gasteiger partial charge in [-0.15, -0.1) is 0 Å². The van der Waals surface area contributed by atoms with Gasteiger partial charge in [0.25, 0.3) is 0 Å². The second-order valence-electron chi connectivity index (χ2n) is 6.57. The number of rotatable bonds is 4. The molecule has 1 aromatic carbocycles. The Hall–Kier alpha value is -2.30. The van der Waals surface area contributed by atoms with Crippen LogP contribution in [-0.4, -0.2) is 23.7 Å². The van der Waals surface area contributed by atoms with Crippen LogP contribution in [0, 0.1) is 5.92 Å². The lowest BCUT2D eigenvalue weighted by Gasteiger charge is -2.22. The zero-order valence-electron chi connectivity index (χ0n) is 13.7. The van der Waals surface area contributed by atoms with E-state index in [-0.39, 0.29) is 24.5 Å². The molecule has 1 aromatic rings. The van der Waals surface area contributed by atoms with E-state index in [4.69, 9.17) is 9.47 Å². The Kier molecular flexibility index (Phi) is 5.42. The average Bonchev–Trinajstić information content (AvgIpc) is 2.93. The number of carbonyl (C=O) groups is 2. The van der Waals surface area contributed by atoms with Crippen molar-refractivity contribution in [1.29, 1.82) is 0 Å². The van der Waals surface area contributed by atoms with E-state index in [1.54, 1.807) is 12.2 Å². The van der Waals surface area contributed by atoms with Crippen LogP contribution in [-0.2, 0) is 20.9 Å². The summed E-state index contributed by atoms with van der Waals surface area (Å²) in [5.41, 5.74) is 0.418. The summed E-state index contributed by atoms with van der Waals surface area (Å²) < 4.78 is 10.5. The van der Waals surface area contributed by atoms with Crippen molar-refractivity contribution < 1.29 is 19.1 Å². The number of hydrogen-bond donors (Lipinski definition) is 1. The quantitative estimate of drug-likeness (QED) is 0.684. The van der Waals surface area contributed by atoms with Crippen LogP contribution < -0.4 is 5.32 Å². The van der Waals surface area contributed by atoms with Gasteiger partial charge in [0.05, 0.1) is 12.0 Å². The monoisotopic (exact) mass is 317 g/mol. The summed E-state index contributed by atoms with van der Waals surface area (Å²) in [6.07, 6.45) is 3.58. The minimum absolute atomic E-state index is 0.212. The third-order valence-corrected chi connectivity index (χ3v) is 3.31. The Balaban J connectivity index is 1.74. The fourth-order valence-electron chi connectivity index (χ4n) is 2.27. The van der Waals surface area contributed by atoms with Crippen LogP contribution in [0.3, 0.4) is 0 Å². The molecule has 0 saturated carbocycles. The normalized spacial score (nSPS) is 20.1. The molecule has 0 aromatic heterocycles. The van der Waals surface area contributed by atoms with Crippen molar-refractivity contribution in [1.82, 2.24) is 5.32 Å². The first-order valence-corrected chi connectivity index (χ1v) is 7.72. The molecule has 5 heteroatoms. The summed E-state index contributed by atoms with van der Waals surface area (Å²) >= 11 is 0. The minimum Gasteiger partial charge on any atom is -0.460 e. The van der Waals surface area contributed by atoms with Gasteiger partial charge < -0.3 is 14.8 Å². The van der Waals surface area contributed by atoms with E-state index < -0.39 is 11.7 Å². The lowest BCUT2D eigenvalue weighted by atomic mass is 10.1. The van der Waals surface area contributed by atoms with Crippen molar-refractivity contribution in [3.8, 4) is 0 Å². The number of hydrogen-bond acceptors (Lipinski definition) is 4. The van der Waals surface area contributed by atoms with E-state index in [1.807, 2.05) is 51.1 Å². The van der Waals surface area contributed by atoms with E-state index in [0.29, 0.717) is 6.42 Å². The van der Waals surface area contributed by atoms with Crippen molar-refractivity contribution in [3.05, 3.63) is 48.0 Å². The van der Waals surface area contributed by atoms with Crippen molar-refractivity contribution in [2.75, 3.05) is 0 Å². The number of ether oxygens (including phenoxy) is 2. The van der Waals surface area contributed by atoms with E-state index in [0.717, 1.165) is 5.56 Å². The average molecular weight is 317 g/mol. The molecule has 0 saturated heterocycles. The Labute approximate surface area is 136 Å². The molecule has 23 heavy (non-hydrogen) atoms. The third-order valence-electron chi connectivity index (χ3n) is 3.31. The molecule has 2 unspecified atom stereocenters. The van der Waals surface area contributed by atoms with Crippen LogP contribution in [0.25, 0.3) is 0 Å². The molecule has 0 spiro atoms. The topological polar surface area (TPSA) is 64.6 Å². The maximum atomic E-state index is 12.0. The summed E-state index contributed by atoms with van der Waals surface area (Å²) in [6.45, 7) is 5.72. The molecule has 0 fully saturated rings. The molecule has 2 atom stereocenters. The molecule has 5 nitrogen and oxygen atoms in total. The van der Waals surface area contributed by atoms with Crippen molar-refractivity contribution in [2.45, 2.75) is 45.4 Å². The van der Waals surface area contributed by atoms with Gasteiger partial charge in [0.15, 0.2) is 0 Å². The maximum absolute atomic E-state index is 12.0. The number of alkyl carbamates (subject to hydrolysis) is 1. The van der Waals surface area contributed by atoms with Crippen LogP contribution in [0.5, 0.6) is 0 Å². The molecule has 1 N–H and O–H groups in total. The van der Waals surface area contributed by atoms with Gasteiger partial charge >= 0.3 is 12.1 Å². The number of esters is 1. The molecule has 1 aliphatic carbocycles. The van der Waals surface area contributed by atoms with Gasteiger partial charge in [-0.3, -0.25) is 4.79 Å². The minimum atomic E-state index is -0.509. The van der Waals surface area contributed by atoms with E-state index in [2.05, 4.69) is 5.32 Å². The number of carbonyl (C=O) groups excluding carboxylic acids is 2. The number of nitrogens with one attached hydrogen (secondary N) is 1. The Morgan fingerprint density at radius 1 is 1.17 bits per heavy atom. The highest BCUT2D eigenvalue weighted by molar-refractivity contribution is 5.76. The van der Waals surface area contributed by atoms with Gasteiger partial charge in [-0.25, -0.2) is 4.79 Å². The fraction of sp³-hybridized carbons (Fsp3) is 0.444. The SMILES string of the molecule is CC(C)(C)OC(=O)C1C=CC(NC(=O)OCc2ccccc2)C1. The lowest BCUT2D eigenvalue weighted by Crippen LogP contribution is -2.34. The van der Waals surface area contributed by atoms with Crippen molar-refractivity contribution in [3.63, 3.8) is 0 Å². The van der Waals surface area contributed by atoms with Crippen LogP contribution in [0.1, 0.15) is 32.8 Å². The van der Waals surface area contributed by atoms with Gasteiger partial charge in [-0.2, -0.15) is 0 Å². The van der Waals surface area contributed by atoms with Gasteiger partial charge in [0.2, 0.25) is 0 Å². The summed E-state index contributed by atoms with van der Waals surface area (Å²) in [5.74, 6) is -0.593. The molecule has 0 aliphatic heterocycles. The molecular weight excluding hydrogens is 294 g/mol. The molecule has 0 bridgehead atoms. The summed E-state index contributed by atoms with van der Waals surface area (Å²) in [6, 6.07) is 9.26. The first-order valence-electron chi connectivity index (χ1n) is 7.72. The van der Waals surface area contributed by atoms with Crippen LogP contribution in [0.2, 0.25) is 0 Å². The Bertz CT molecular complexity index is 574. The number of benzene rings is 1. The van der Waals surface area contributed by atoms with Crippen molar-refractivity contribution >= 4 is 12.1 Å². The second-order valence-corrected chi connectivity index (χ2v) is 6.57. The summed E-state index contributed by atoms with van der Waals surface area (Å²) in [5, 5.41) is 2.74. The predicted molar refractivity (Wildman–Crippen MR) is 86.6 cm³/mol. The molecule has 1 amide bonds. The third kappa shape index (κ3) is 5.77. The zero-order valence-corrected chi connectivity index (χ0v) is 13.7. The smallest absolute Gasteiger partial charge is 0.407 e. The highest BCUT2D eigenvalue weighted by Crippen LogP contribution is 2.22. The predicted octanol–water partition coefficient (Wildman–Crippen LogP) is 3.20. The number of amides is 1. The van der Waals surface area contributed by atoms with Gasteiger partial charge in [-0.05, 0) is 32.8 Å². The van der Waals surface area contributed by atoms with Gasteiger partial charge in [0.1, 0.15) is 12.2 Å². The lowest BCUT2D eigenvalue weighted by molar-refractivity contribution is -0.158. The molecular formula is C18H23NO4. The molecule has 0 radical (unpaired) electrons. The zero-order chi connectivity index (χ0) is 16.9. The Morgan fingerprint density at radius 3 is 2.52 bits per heavy atom. The van der Waals surface area contributed by atoms with Crippen LogP contribution >= 0.6 is 0 Å². The highest BCUT2D eigenvalue weighted by atomic mass is 16.6. The molecule has 0 heterocycles. The van der Waals surface area contributed by atoms with Crippen molar-refractivity contribution in [2.24, 2.45) is 5.92 Å². The highest BCUT2D eigenvalue weighted by Gasteiger charge is 2.29. The summed E-state index contributed by atoms with van der Waals surface area (Å²) in [7, 11) is 0. The fourth-order valence-corrected chi connectivity index (χ4v) is 2.27. The largest absolute Gasteiger partial charge is 0.460 e. The van der Waals surface area contributed by atoms with E-state index >= 15 is 0 Å². The van der Waals surface area contributed by atoms with Gasteiger partial charge in [0, 0.05) is 0 Å². The Morgan fingerprint density at radius 2 is 1.87 bits per heavy atom. The van der Waals surface area contributed by atoms with Crippen LogP contribution in [0.4, 0.5) is 4.79 Å². The second kappa shape index (κ2) is 7.31. The molecule has 124 valence electrons. The van der Waals surface area contributed by atoms with E-state index in [9.17, 15) is 9.59 Å².